The Hall–Kier alpha value is -0.870. The minimum absolute atomic E-state index is 0.716. The number of benzene rings is 1. The average Bonchev–Trinajstić information content (AvgIpc) is 2.24. The fourth-order valence-corrected chi connectivity index (χ4v) is 2.36. The first kappa shape index (κ1) is 13.2. The third-order valence-corrected chi connectivity index (χ3v) is 3.25. The third kappa shape index (κ3) is 4.33. The van der Waals surface area contributed by atoms with Crippen molar-refractivity contribution in [2.75, 3.05) is 39.2 Å². The molecule has 16 heavy (non-hydrogen) atoms. The first-order chi connectivity index (χ1) is 7.63. The fraction of sp³-hybridized carbons (Fsp3) is 0.500. The number of hydrogen-bond acceptors (Lipinski definition) is 4. The van der Waals surface area contributed by atoms with Crippen LogP contribution in [0.3, 0.4) is 0 Å². The van der Waals surface area contributed by atoms with Gasteiger partial charge in [0.1, 0.15) is 5.75 Å². The van der Waals surface area contributed by atoms with Gasteiger partial charge in [-0.25, -0.2) is 0 Å². The van der Waals surface area contributed by atoms with Crippen LogP contribution < -0.4 is 10.5 Å². The second-order valence-electron chi connectivity index (χ2n) is 3.93. The minimum Gasteiger partial charge on any atom is -0.495 e. The van der Waals surface area contributed by atoms with Crippen molar-refractivity contribution in [1.82, 2.24) is 4.90 Å². The number of anilines is 1. The van der Waals surface area contributed by atoms with E-state index in [1.165, 1.54) is 5.56 Å². The normalized spacial score (nSPS) is 10.8. The molecule has 4 heteroatoms. The molecule has 0 aliphatic heterocycles. The zero-order valence-corrected chi connectivity index (χ0v) is 11.0. The first-order valence-corrected chi connectivity index (χ1v) is 6.44. The van der Waals surface area contributed by atoms with Crippen LogP contribution in [-0.2, 0) is 5.75 Å². The summed E-state index contributed by atoms with van der Waals surface area (Å²) in [6.07, 6.45) is 0. The number of thioether (sulfide) groups is 1. The summed E-state index contributed by atoms with van der Waals surface area (Å²) in [4.78, 5) is 2.19. The van der Waals surface area contributed by atoms with Gasteiger partial charge in [-0.3, -0.25) is 0 Å². The summed E-state index contributed by atoms with van der Waals surface area (Å²) in [6.45, 7) is 1.11. The molecular weight excluding hydrogens is 220 g/mol. The highest BCUT2D eigenvalue weighted by Gasteiger charge is 2.00. The van der Waals surface area contributed by atoms with E-state index in [1.807, 2.05) is 23.9 Å². The monoisotopic (exact) mass is 240 g/mol. The summed E-state index contributed by atoms with van der Waals surface area (Å²) in [6, 6.07) is 5.98. The summed E-state index contributed by atoms with van der Waals surface area (Å²) in [5.74, 6) is 2.89. The van der Waals surface area contributed by atoms with Crippen molar-refractivity contribution in [3.63, 3.8) is 0 Å². The summed E-state index contributed by atoms with van der Waals surface area (Å²) >= 11 is 1.92. The summed E-state index contributed by atoms with van der Waals surface area (Å²) in [5, 5.41) is 0. The van der Waals surface area contributed by atoms with Crippen LogP contribution in [0.5, 0.6) is 5.75 Å². The molecule has 0 heterocycles. The fourth-order valence-electron chi connectivity index (χ4n) is 1.31. The predicted molar refractivity (Wildman–Crippen MR) is 72.1 cm³/mol. The van der Waals surface area contributed by atoms with E-state index in [1.54, 1.807) is 7.11 Å². The second-order valence-corrected chi connectivity index (χ2v) is 5.04. The van der Waals surface area contributed by atoms with Crippen molar-refractivity contribution in [2.45, 2.75) is 5.75 Å². The highest BCUT2D eigenvalue weighted by molar-refractivity contribution is 7.98. The van der Waals surface area contributed by atoms with Crippen LogP contribution in [0.2, 0.25) is 0 Å². The molecule has 0 bridgehead atoms. The van der Waals surface area contributed by atoms with Crippen LogP contribution in [0.4, 0.5) is 5.69 Å². The van der Waals surface area contributed by atoms with Crippen molar-refractivity contribution >= 4 is 17.4 Å². The molecule has 0 amide bonds. The molecular formula is C12H20N2OS. The van der Waals surface area contributed by atoms with Gasteiger partial charge in [0.2, 0.25) is 0 Å². The molecule has 0 saturated carbocycles. The molecule has 0 unspecified atom stereocenters. The molecule has 90 valence electrons. The summed E-state index contributed by atoms with van der Waals surface area (Å²) in [5.41, 5.74) is 7.81. The molecule has 2 N–H and O–H groups in total. The van der Waals surface area contributed by atoms with Crippen molar-refractivity contribution in [2.24, 2.45) is 0 Å². The van der Waals surface area contributed by atoms with Crippen LogP contribution >= 0.6 is 11.8 Å². The lowest BCUT2D eigenvalue weighted by Gasteiger charge is -2.09. The van der Waals surface area contributed by atoms with Crippen molar-refractivity contribution in [3.8, 4) is 5.75 Å². The van der Waals surface area contributed by atoms with Gasteiger partial charge in [-0.15, -0.1) is 0 Å². The number of nitrogens with two attached hydrogens (primary N) is 1. The van der Waals surface area contributed by atoms with E-state index in [4.69, 9.17) is 10.5 Å². The topological polar surface area (TPSA) is 38.5 Å². The Labute approximate surface area is 102 Å². The number of methoxy groups -OCH3 is 1. The van der Waals surface area contributed by atoms with Gasteiger partial charge in [-0.2, -0.15) is 11.8 Å². The predicted octanol–water partition coefficient (Wildman–Crippen LogP) is 2.07. The van der Waals surface area contributed by atoms with Crippen molar-refractivity contribution in [3.05, 3.63) is 23.8 Å². The highest BCUT2D eigenvalue weighted by Crippen LogP contribution is 2.24. The standard InChI is InChI=1S/C12H20N2OS/c1-14(2)6-7-16-9-10-4-5-12(15-3)11(13)8-10/h4-5,8H,6-7,9,13H2,1-3H3. The molecule has 0 saturated heterocycles. The lowest BCUT2D eigenvalue weighted by Crippen LogP contribution is -2.14. The number of hydrogen-bond donors (Lipinski definition) is 1. The smallest absolute Gasteiger partial charge is 0.141 e. The van der Waals surface area contributed by atoms with Crippen LogP contribution in [0, 0.1) is 0 Å². The Morgan fingerprint density at radius 2 is 2.12 bits per heavy atom. The van der Waals surface area contributed by atoms with Gasteiger partial charge in [0.05, 0.1) is 12.8 Å². The second kappa shape index (κ2) is 6.66. The van der Waals surface area contributed by atoms with Gasteiger partial charge in [0, 0.05) is 18.1 Å². The zero-order valence-electron chi connectivity index (χ0n) is 10.2. The van der Waals surface area contributed by atoms with Gasteiger partial charge >= 0.3 is 0 Å². The summed E-state index contributed by atoms with van der Waals surface area (Å²) < 4.78 is 5.12. The lowest BCUT2D eigenvalue weighted by molar-refractivity contribution is 0.417. The van der Waals surface area contributed by atoms with E-state index in [9.17, 15) is 0 Å². The Morgan fingerprint density at radius 1 is 1.38 bits per heavy atom. The lowest BCUT2D eigenvalue weighted by atomic mass is 10.2. The highest BCUT2D eigenvalue weighted by atomic mass is 32.2. The average molecular weight is 240 g/mol. The van der Waals surface area contributed by atoms with Crippen molar-refractivity contribution < 1.29 is 4.74 Å². The molecule has 0 aliphatic carbocycles. The van der Waals surface area contributed by atoms with Crippen LogP contribution in [0.1, 0.15) is 5.56 Å². The number of ether oxygens (including phenoxy) is 1. The van der Waals surface area contributed by atoms with Gasteiger partial charge in [-0.1, -0.05) is 6.07 Å². The van der Waals surface area contributed by atoms with E-state index < -0.39 is 0 Å². The van der Waals surface area contributed by atoms with E-state index in [2.05, 4.69) is 25.1 Å². The Kier molecular flexibility index (Phi) is 5.49. The van der Waals surface area contributed by atoms with E-state index >= 15 is 0 Å². The van der Waals surface area contributed by atoms with Crippen molar-refractivity contribution in [1.29, 1.82) is 0 Å². The largest absolute Gasteiger partial charge is 0.495 e. The zero-order chi connectivity index (χ0) is 12.0. The molecule has 0 fully saturated rings. The molecule has 0 aliphatic rings. The molecule has 0 spiro atoms. The third-order valence-electron chi connectivity index (χ3n) is 2.25. The number of rotatable bonds is 6. The molecule has 0 atom stereocenters. The maximum atomic E-state index is 5.84. The molecule has 1 aromatic carbocycles. The molecule has 0 aromatic heterocycles. The Morgan fingerprint density at radius 3 is 2.69 bits per heavy atom. The molecule has 3 nitrogen and oxygen atoms in total. The van der Waals surface area contributed by atoms with Gasteiger partial charge in [0.25, 0.3) is 0 Å². The number of nitrogens with zero attached hydrogens (tertiary/aromatic N) is 1. The summed E-state index contributed by atoms with van der Waals surface area (Å²) in [7, 11) is 5.81. The quantitative estimate of drug-likeness (QED) is 0.610. The number of nitrogen functional groups attached to an aromatic ring is 1. The Bertz CT molecular complexity index is 329. The maximum absolute atomic E-state index is 5.84. The van der Waals surface area contributed by atoms with Gasteiger partial charge < -0.3 is 15.4 Å². The molecule has 0 radical (unpaired) electrons. The van der Waals surface area contributed by atoms with Crippen LogP contribution in [-0.4, -0.2) is 38.4 Å². The first-order valence-electron chi connectivity index (χ1n) is 5.28. The Balaban J connectivity index is 2.40. The van der Waals surface area contributed by atoms with E-state index in [0.29, 0.717) is 5.69 Å². The van der Waals surface area contributed by atoms with Gasteiger partial charge in [-0.05, 0) is 31.8 Å². The van der Waals surface area contributed by atoms with Gasteiger partial charge in [0.15, 0.2) is 0 Å². The van der Waals surface area contributed by atoms with Crippen LogP contribution in [0.25, 0.3) is 0 Å². The SMILES string of the molecule is COc1ccc(CSCCN(C)C)cc1N. The van der Waals surface area contributed by atoms with E-state index in [0.717, 1.165) is 23.8 Å². The van der Waals surface area contributed by atoms with Crippen LogP contribution in [0.15, 0.2) is 18.2 Å². The maximum Gasteiger partial charge on any atom is 0.141 e. The molecule has 1 rings (SSSR count). The minimum atomic E-state index is 0.716. The molecule has 1 aromatic rings. The van der Waals surface area contributed by atoms with E-state index in [-0.39, 0.29) is 0 Å².